The quantitative estimate of drug-likeness (QED) is 0.613. The molecule has 1 amide bonds. The minimum Gasteiger partial charge on any atom is -0.454 e. The first kappa shape index (κ1) is 17.9. The van der Waals surface area contributed by atoms with Crippen LogP contribution in [0.25, 0.3) is 0 Å². The Kier molecular flexibility index (Phi) is 5.38. The number of hydrogen-bond donors (Lipinski definition) is 2. The number of carbonyl (C=O) groups is 1. The zero-order valence-electron chi connectivity index (χ0n) is 15.4. The monoisotopic (exact) mass is 375 g/mol. The summed E-state index contributed by atoms with van der Waals surface area (Å²) >= 11 is 0. The summed E-state index contributed by atoms with van der Waals surface area (Å²) in [6.07, 6.45) is 5.07. The predicted octanol–water partition coefficient (Wildman–Crippen LogP) is 3.92. The summed E-state index contributed by atoms with van der Waals surface area (Å²) in [5.41, 5.74) is 3.36. The number of nitrogens with zero attached hydrogens (tertiary/aromatic N) is 1. The van der Waals surface area contributed by atoms with Crippen molar-refractivity contribution in [2.24, 2.45) is 0 Å². The van der Waals surface area contributed by atoms with Crippen LogP contribution in [0, 0.1) is 0 Å². The van der Waals surface area contributed by atoms with E-state index in [0.29, 0.717) is 17.9 Å². The van der Waals surface area contributed by atoms with E-state index < -0.39 is 0 Å². The van der Waals surface area contributed by atoms with Gasteiger partial charge in [0, 0.05) is 24.5 Å². The number of fused-ring (bicyclic) bond motifs is 1. The molecule has 0 unspecified atom stereocenters. The summed E-state index contributed by atoms with van der Waals surface area (Å²) in [5.74, 6) is 1.30. The fourth-order valence-electron chi connectivity index (χ4n) is 3.01. The highest BCUT2D eigenvalue weighted by atomic mass is 16.7. The molecule has 4 rings (SSSR count). The highest BCUT2D eigenvalue weighted by Gasteiger charge is 2.13. The van der Waals surface area contributed by atoms with Gasteiger partial charge in [0.2, 0.25) is 6.79 Å². The molecule has 1 aromatic heterocycles. The lowest BCUT2D eigenvalue weighted by Crippen LogP contribution is -2.25. The van der Waals surface area contributed by atoms with Crippen LogP contribution < -0.4 is 20.1 Å². The van der Waals surface area contributed by atoms with Gasteiger partial charge in [-0.2, -0.15) is 0 Å². The minimum atomic E-state index is -0.130. The molecule has 28 heavy (non-hydrogen) atoms. The van der Waals surface area contributed by atoms with Crippen molar-refractivity contribution in [2.75, 3.05) is 18.7 Å². The lowest BCUT2D eigenvalue weighted by atomic mass is 10.1. The molecule has 2 N–H and O–H groups in total. The Morgan fingerprint density at radius 3 is 2.71 bits per heavy atom. The van der Waals surface area contributed by atoms with Gasteiger partial charge in [-0.05, 0) is 36.6 Å². The third kappa shape index (κ3) is 4.40. The van der Waals surface area contributed by atoms with E-state index in [4.69, 9.17) is 9.47 Å². The summed E-state index contributed by atoms with van der Waals surface area (Å²) < 4.78 is 10.7. The molecule has 6 nitrogen and oxygen atoms in total. The number of rotatable bonds is 7. The van der Waals surface area contributed by atoms with E-state index in [2.05, 4.69) is 27.8 Å². The van der Waals surface area contributed by atoms with E-state index in [1.807, 2.05) is 36.4 Å². The molecule has 2 aromatic carbocycles. The summed E-state index contributed by atoms with van der Waals surface area (Å²) in [5, 5.41) is 6.19. The van der Waals surface area contributed by atoms with Crippen molar-refractivity contribution in [1.82, 2.24) is 10.3 Å². The fourth-order valence-corrected chi connectivity index (χ4v) is 3.01. The van der Waals surface area contributed by atoms with Crippen molar-refractivity contribution < 1.29 is 14.3 Å². The summed E-state index contributed by atoms with van der Waals surface area (Å²) in [6.45, 7) is 0.855. The second-order valence-electron chi connectivity index (χ2n) is 6.50. The topological polar surface area (TPSA) is 72.5 Å². The fraction of sp³-hybridized carbons (Fsp3) is 0.182. The van der Waals surface area contributed by atoms with Crippen LogP contribution in [0.4, 0.5) is 11.4 Å². The average molecular weight is 375 g/mol. The van der Waals surface area contributed by atoms with Gasteiger partial charge in [0.05, 0.1) is 17.4 Å². The molecular formula is C22H21N3O3. The van der Waals surface area contributed by atoms with Crippen LogP contribution in [0.5, 0.6) is 11.5 Å². The van der Waals surface area contributed by atoms with Gasteiger partial charge in [-0.15, -0.1) is 0 Å². The molecule has 0 atom stereocenters. The van der Waals surface area contributed by atoms with Gasteiger partial charge in [-0.25, -0.2) is 0 Å². The van der Waals surface area contributed by atoms with Crippen LogP contribution in [0.3, 0.4) is 0 Å². The third-order valence-electron chi connectivity index (χ3n) is 4.43. The van der Waals surface area contributed by atoms with Crippen molar-refractivity contribution in [2.45, 2.75) is 12.8 Å². The SMILES string of the molecule is O=C(NCCCc1ccccc1)c1cncc(Nc2ccc3c(c2)OCO3)c1. The second kappa shape index (κ2) is 8.43. The first-order chi connectivity index (χ1) is 13.8. The molecule has 0 bridgehead atoms. The van der Waals surface area contributed by atoms with Crippen LogP contribution in [-0.4, -0.2) is 24.2 Å². The minimum absolute atomic E-state index is 0.130. The van der Waals surface area contributed by atoms with Crippen molar-refractivity contribution >= 4 is 17.3 Å². The first-order valence-electron chi connectivity index (χ1n) is 9.22. The maximum atomic E-state index is 12.4. The number of amides is 1. The van der Waals surface area contributed by atoms with Gasteiger partial charge in [0.15, 0.2) is 11.5 Å². The van der Waals surface area contributed by atoms with Gasteiger partial charge < -0.3 is 20.1 Å². The summed E-state index contributed by atoms with van der Waals surface area (Å²) in [6, 6.07) is 17.6. The third-order valence-corrected chi connectivity index (χ3v) is 4.43. The zero-order chi connectivity index (χ0) is 19.2. The summed E-state index contributed by atoms with van der Waals surface area (Å²) in [7, 11) is 0. The molecule has 142 valence electrons. The molecule has 2 heterocycles. The van der Waals surface area contributed by atoms with Crippen LogP contribution in [0.1, 0.15) is 22.3 Å². The largest absolute Gasteiger partial charge is 0.454 e. The highest BCUT2D eigenvalue weighted by Crippen LogP contribution is 2.35. The van der Waals surface area contributed by atoms with E-state index in [9.17, 15) is 4.79 Å². The second-order valence-corrected chi connectivity index (χ2v) is 6.50. The maximum Gasteiger partial charge on any atom is 0.252 e. The number of anilines is 2. The van der Waals surface area contributed by atoms with Crippen molar-refractivity contribution in [3.8, 4) is 11.5 Å². The number of aryl methyl sites for hydroxylation is 1. The predicted molar refractivity (Wildman–Crippen MR) is 107 cm³/mol. The van der Waals surface area contributed by atoms with Crippen LogP contribution >= 0.6 is 0 Å². The molecule has 0 saturated carbocycles. The average Bonchev–Trinajstić information content (AvgIpc) is 3.20. The van der Waals surface area contributed by atoms with E-state index in [1.54, 1.807) is 18.5 Å². The van der Waals surface area contributed by atoms with Crippen molar-refractivity contribution in [1.29, 1.82) is 0 Å². The number of ether oxygens (including phenoxy) is 2. The molecule has 0 spiro atoms. The van der Waals surface area contributed by atoms with Crippen molar-refractivity contribution in [3.63, 3.8) is 0 Å². The van der Waals surface area contributed by atoms with Crippen LogP contribution in [0.15, 0.2) is 67.0 Å². The Morgan fingerprint density at radius 2 is 1.82 bits per heavy atom. The van der Waals surface area contributed by atoms with Gasteiger partial charge in [-0.3, -0.25) is 9.78 Å². The molecule has 0 fully saturated rings. The Hall–Kier alpha value is -3.54. The molecule has 0 aliphatic carbocycles. The molecule has 0 saturated heterocycles. The maximum absolute atomic E-state index is 12.4. The Morgan fingerprint density at radius 1 is 0.964 bits per heavy atom. The Balaban J connectivity index is 1.32. The first-order valence-corrected chi connectivity index (χ1v) is 9.22. The molecule has 0 radical (unpaired) electrons. The van der Waals surface area contributed by atoms with Gasteiger partial charge in [-0.1, -0.05) is 30.3 Å². The molecule has 6 heteroatoms. The number of carbonyl (C=O) groups excluding carboxylic acids is 1. The number of pyridine rings is 1. The van der Waals surface area contributed by atoms with Gasteiger partial charge >= 0.3 is 0 Å². The zero-order valence-corrected chi connectivity index (χ0v) is 15.4. The lowest BCUT2D eigenvalue weighted by Gasteiger charge is -2.09. The highest BCUT2D eigenvalue weighted by molar-refractivity contribution is 5.94. The number of benzene rings is 2. The van der Waals surface area contributed by atoms with E-state index in [1.165, 1.54) is 5.56 Å². The van der Waals surface area contributed by atoms with E-state index in [0.717, 1.165) is 30.0 Å². The molecule has 1 aliphatic heterocycles. The number of hydrogen-bond acceptors (Lipinski definition) is 5. The van der Waals surface area contributed by atoms with Crippen LogP contribution in [0.2, 0.25) is 0 Å². The smallest absolute Gasteiger partial charge is 0.252 e. The molecular weight excluding hydrogens is 354 g/mol. The number of nitrogens with one attached hydrogen (secondary N) is 2. The Labute approximate surface area is 163 Å². The molecule has 1 aliphatic rings. The molecule has 3 aromatic rings. The van der Waals surface area contributed by atoms with Gasteiger partial charge in [0.1, 0.15) is 0 Å². The van der Waals surface area contributed by atoms with Crippen molar-refractivity contribution in [3.05, 3.63) is 78.1 Å². The van der Waals surface area contributed by atoms with E-state index in [-0.39, 0.29) is 12.7 Å². The van der Waals surface area contributed by atoms with E-state index >= 15 is 0 Å². The number of aromatic nitrogens is 1. The Bertz CT molecular complexity index is 960. The standard InChI is InChI=1S/C22H21N3O3/c26-22(24-10-4-7-16-5-2-1-3-6-16)17-11-19(14-23-13-17)25-18-8-9-20-21(12-18)28-15-27-20/h1-3,5-6,8-9,11-14,25H,4,7,10,15H2,(H,24,26). The lowest BCUT2D eigenvalue weighted by molar-refractivity contribution is 0.0953. The van der Waals surface area contributed by atoms with Gasteiger partial charge in [0.25, 0.3) is 5.91 Å². The van der Waals surface area contributed by atoms with Crippen LogP contribution in [-0.2, 0) is 6.42 Å². The summed E-state index contributed by atoms with van der Waals surface area (Å²) in [4.78, 5) is 16.6. The normalized spacial score (nSPS) is 11.9.